The van der Waals surface area contributed by atoms with Gasteiger partial charge in [0.2, 0.25) is 11.8 Å². The van der Waals surface area contributed by atoms with Gasteiger partial charge in [-0.15, -0.1) is 0 Å². The van der Waals surface area contributed by atoms with Crippen LogP contribution in [0.15, 0.2) is 0 Å². The zero-order chi connectivity index (χ0) is 11.5. The molecule has 2 rings (SSSR count). The minimum absolute atomic E-state index is 0.0879. The highest BCUT2D eigenvalue weighted by Crippen LogP contribution is 2.26. The summed E-state index contributed by atoms with van der Waals surface area (Å²) < 4.78 is 0. The Morgan fingerprint density at radius 3 is 2.88 bits per heavy atom. The van der Waals surface area contributed by atoms with E-state index in [1.54, 1.807) is 16.7 Å². The quantitative estimate of drug-likeness (QED) is 0.654. The van der Waals surface area contributed by atoms with Crippen molar-refractivity contribution in [1.82, 2.24) is 10.2 Å². The van der Waals surface area contributed by atoms with Crippen molar-refractivity contribution >= 4 is 23.6 Å². The second-order valence-electron chi connectivity index (χ2n) is 4.21. The molecule has 16 heavy (non-hydrogen) atoms. The molecule has 0 aliphatic carbocycles. The topological polar surface area (TPSA) is 75.4 Å². The fourth-order valence-electron chi connectivity index (χ4n) is 2.19. The highest BCUT2D eigenvalue weighted by atomic mass is 32.2. The van der Waals surface area contributed by atoms with Gasteiger partial charge in [0.1, 0.15) is 6.04 Å². The lowest BCUT2D eigenvalue weighted by atomic mass is 10.0. The van der Waals surface area contributed by atoms with Crippen molar-refractivity contribution in [2.75, 3.05) is 31.1 Å². The van der Waals surface area contributed by atoms with Crippen LogP contribution in [0.2, 0.25) is 0 Å². The lowest BCUT2D eigenvalue weighted by molar-refractivity contribution is -0.143. The predicted octanol–water partition coefficient (Wildman–Crippen LogP) is -0.975. The smallest absolute Gasteiger partial charge is 0.241 e. The van der Waals surface area contributed by atoms with Gasteiger partial charge in [-0.05, 0) is 12.2 Å². The van der Waals surface area contributed by atoms with Gasteiger partial charge in [0.05, 0.1) is 0 Å². The van der Waals surface area contributed by atoms with E-state index >= 15 is 0 Å². The maximum Gasteiger partial charge on any atom is 0.241 e. The molecule has 3 N–H and O–H groups in total. The number of amides is 2. The molecular formula is C10H17N3O2S. The third-order valence-corrected chi connectivity index (χ3v) is 4.30. The molecule has 0 aromatic carbocycles. The maximum absolute atomic E-state index is 12.2. The summed E-state index contributed by atoms with van der Waals surface area (Å²) in [4.78, 5) is 25.1. The van der Waals surface area contributed by atoms with E-state index in [4.69, 9.17) is 5.73 Å². The Labute approximate surface area is 99.1 Å². The Balaban J connectivity index is 2.04. The van der Waals surface area contributed by atoms with Gasteiger partial charge in [0.15, 0.2) is 0 Å². The summed E-state index contributed by atoms with van der Waals surface area (Å²) in [7, 11) is 0. The molecule has 2 heterocycles. The van der Waals surface area contributed by atoms with E-state index in [1.807, 2.05) is 0 Å². The van der Waals surface area contributed by atoms with Gasteiger partial charge in [-0.2, -0.15) is 11.8 Å². The first kappa shape index (κ1) is 11.7. The lowest BCUT2D eigenvalue weighted by Gasteiger charge is -2.35. The van der Waals surface area contributed by atoms with Gasteiger partial charge < -0.3 is 16.0 Å². The molecule has 90 valence electrons. The van der Waals surface area contributed by atoms with Crippen molar-refractivity contribution in [3.8, 4) is 0 Å². The summed E-state index contributed by atoms with van der Waals surface area (Å²) in [5, 5.41) is 3.09. The molecule has 0 bridgehead atoms. The highest BCUT2D eigenvalue weighted by Gasteiger charge is 2.35. The van der Waals surface area contributed by atoms with Gasteiger partial charge in [-0.1, -0.05) is 0 Å². The molecule has 2 saturated heterocycles. The monoisotopic (exact) mass is 243 g/mol. The highest BCUT2D eigenvalue weighted by molar-refractivity contribution is 7.99. The largest absolute Gasteiger partial charge is 0.368 e. The van der Waals surface area contributed by atoms with E-state index in [0.717, 1.165) is 24.5 Å². The van der Waals surface area contributed by atoms with Gasteiger partial charge in [0.25, 0.3) is 0 Å². The van der Waals surface area contributed by atoms with Crippen LogP contribution in [0, 0.1) is 5.92 Å². The van der Waals surface area contributed by atoms with Crippen molar-refractivity contribution in [1.29, 1.82) is 0 Å². The van der Waals surface area contributed by atoms with E-state index in [1.165, 1.54) is 0 Å². The minimum atomic E-state index is -0.466. The Hall–Kier alpha value is -0.750. The number of nitrogens with zero attached hydrogens (tertiary/aromatic N) is 1. The third kappa shape index (κ3) is 2.32. The summed E-state index contributed by atoms with van der Waals surface area (Å²) >= 11 is 1.80. The van der Waals surface area contributed by atoms with E-state index in [0.29, 0.717) is 13.1 Å². The van der Waals surface area contributed by atoms with Crippen LogP contribution in [-0.2, 0) is 9.59 Å². The molecular weight excluding hydrogens is 226 g/mol. The Bertz CT molecular complexity index is 292. The first-order chi connectivity index (χ1) is 7.70. The summed E-state index contributed by atoms with van der Waals surface area (Å²) in [6.07, 6.45) is 0.929. The van der Waals surface area contributed by atoms with E-state index in [9.17, 15) is 9.59 Å². The molecule has 0 saturated carbocycles. The molecule has 2 aliphatic heterocycles. The van der Waals surface area contributed by atoms with Crippen LogP contribution < -0.4 is 11.1 Å². The minimum Gasteiger partial charge on any atom is -0.368 e. The van der Waals surface area contributed by atoms with Crippen LogP contribution in [0.5, 0.6) is 0 Å². The van der Waals surface area contributed by atoms with Gasteiger partial charge >= 0.3 is 0 Å². The summed E-state index contributed by atoms with van der Waals surface area (Å²) in [6.45, 7) is 1.82. The van der Waals surface area contributed by atoms with Crippen LogP contribution in [0.1, 0.15) is 6.42 Å². The summed E-state index contributed by atoms with van der Waals surface area (Å²) in [5.74, 6) is 1.71. The molecule has 2 atom stereocenters. The summed E-state index contributed by atoms with van der Waals surface area (Å²) in [6, 6.07) is -0.466. The Morgan fingerprint density at radius 2 is 2.25 bits per heavy atom. The first-order valence-corrected chi connectivity index (χ1v) is 6.74. The number of carbonyl (C=O) groups excluding carboxylic acids is 2. The summed E-state index contributed by atoms with van der Waals surface area (Å²) in [5.41, 5.74) is 5.32. The van der Waals surface area contributed by atoms with Gasteiger partial charge in [0, 0.05) is 31.3 Å². The normalized spacial score (nSPS) is 30.4. The molecule has 2 aliphatic rings. The number of nitrogens with two attached hydrogens (primary N) is 1. The van der Waals surface area contributed by atoms with Crippen molar-refractivity contribution in [3.05, 3.63) is 0 Å². The number of rotatable bonds is 2. The number of carbonyl (C=O) groups is 2. The molecule has 6 heteroatoms. The molecule has 0 aromatic rings. The Kier molecular flexibility index (Phi) is 3.70. The third-order valence-electron chi connectivity index (χ3n) is 3.13. The first-order valence-electron chi connectivity index (χ1n) is 5.58. The molecule has 0 aromatic heterocycles. The van der Waals surface area contributed by atoms with Crippen LogP contribution in [0.3, 0.4) is 0 Å². The van der Waals surface area contributed by atoms with Crippen LogP contribution in [-0.4, -0.2) is 53.9 Å². The zero-order valence-corrected chi connectivity index (χ0v) is 9.96. The molecule has 0 spiro atoms. The van der Waals surface area contributed by atoms with Crippen molar-refractivity contribution in [3.63, 3.8) is 0 Å². The molecule has 2 amide bonds. The van der Waals surface area contributed by atoms with Crippen LogP contribution in [0.4, 0.5) is 0 Å². The molecule has 2 unspecified atom stereocenters. The maximum atomic E-state index is 12.2. The number of thioether (sulfide) groups is 1. The standard InChI is InChI=1S/C10H17N3O2S/c11-9(14)8-5-12-2-3-13(8)10(15)7-1-4-16-6-7/h7-8,12H,1-6H2,(H2,11,14). The van der Waals surface area contributed by atoms with E-state index in [-0.39, 0.29) is 11.8 Å². The van der Waals surface area contributed by atoms with Crippen LogP contribution >= 0.6 is 11.8 Å². The number of hydrogen-bond acceptors (Lipinski definition) is 4. The van der Waals surface area contributed by atoms with Crippen molar-refractivity contribution in [2.24, 2.45) is 11.7 Å². The molecule has 2 fully saturated rings. The number of primary amides is 1. The van der Waals surface area contributed by atoms with Crippen molar-refractivity contribution in [2.45, 2.75) is 12.5 Å². The number of piperazine rings is 1. The van der Waals surface area contributed by atoms with E-state index in [2.05, 4.69) is 5.32 Å². The Morgan fingerprint density at radius 1 is 1.44 bits per heavy atom. The van der Waals surface area contributed by atoms with Crippen LogP contribution in [0.25, 0.3) is 0 Å². The van der Waals surface area contributed by atoms with Crippen molar-refractivity contribution < 1.29 is 9.59 Å². The predicted molar refractivity (Wildman–Crippen MR) is 63.0 cm³/mol. The second kappa shape index (κ2) is 5.05. The lowest BCUT2D eigenvalue weighted by Crippen LogP contribution is -2.59. The van der Waals surface area contributed by atoms with E-state index < -0.39 is 11.9 Å². The average molecular weight is 243 g/mol. The fourth-order valence-corrected chi connectivity index (χ4v) is 3.40. The SMILES string of the molecule is NC(=O)C1CNCCN1C(=O)C1CCSC1. The number of hydrogen-bond donors (Lipinski definition) is 2. The average Bonchev–Trinajstić information content (AvgIpc) is 2.81. The zero-order valence-electron chi connectivity index (χ0n) is 9.15. The molecule has 0 radical (unpaired) electrons. The van der Waals surface area contributed by atoms with Gasteiger partial charge in [-0.25, -0.2) is 0 Å². The van der Waals surface area contributed by atoms with Gasteiger partial charge in [-0.3, -0.25) is 9.59 Å². The fraction of sp³-hybridized carbons (Fsp3) is 0.800. The molecule has 5 nitrogen and oxygen atoms in total. The number of nitrogens with one attached hydrogen (secondary N) is 1. The second-order valence-corrected chi connectivity index (χ2v) is 5.36.